The van der Waals surface area contributed by atoms with Crippen LogP contribution in [0.3, 0.4) is 0 Å². The smallest absolute Gasteiger partial charge is 0.360 e. The molecule has 2 N–H and O–H groups in total. The molecule has 6 nitrogen and oxygen atoms in total. The number of nitrogen functional groups attached to an aromatic ring is 1. The third kappa shape index (κ3) is 2.60. The molecule has 7 heteroatoms. The van der Waals surface area contributed by atoms with Gasteiger partial charge in [0.1, 0.15) is 11.6 Å². The number of methoxy groups -OCH3 is 1. The number of hydrogen-bond acceptors (Lipinski definition) is 6. The number of hydrogen-bond donors (Lipinski definition) is 1. The number of nitrogens with two attached hydrogens (primary N) is 1. The summed E-state index contributed by atoms with van der Waals surface area (Å²) in [6.07, 6.45) is 1.78. The summed E-state index contributed by atoms with van der Waals surface area (Å²) in [5.74, 6) is 0.732. The predicted octanol–water partition coefficient (Wildman–Crippen LogP) is 1.82. The van der Waals surface area contributed by atoms with Crippen LogP contribution in [-0.2, 0) is 11.3 Å². The van der Waals surface area contributed by atoms with Gasteiger partial charge >= 0.3 is 5.97 Å². The van der Waals surface area contributed by atoms with Crippen molar-refractivity contribution in [1.82, 2.24) is 14.5 Å². The van der Waals surface area contributed by atoms with E-state index in [1.807, 2.05) is 16.9 Å². The van der Waals surface area contributed by atoms with E-state index in [0.717, 1.165) is 5.01 Å². The van der Waals surface area contributed by atoms with E-state index in [-0.39, 0.29) is 11.6 Å². The molecule has 2 aromatic heterocycles. The zero-order valence-corrected chi connectivity index (χ0v) is 11.9. The van der Waals surface area contributed by atoms with Crippen molar-refractivity contribution in [2.24, 2.45) is 0 Å². The van der Waals surface area contributed by atoms with E-state index in [1.165, 1.54) is 7.11 Å². The number of carbonyl (C=O) groups is 1. The fourth-order valence-corrected chi connectivity index (χ4v) is 2.58. The zero-order chi connectivity index (χ0) is 14.0. The van der Waals surface area contributed by atoms with Crippen LogP contribution in [-0.4, -0.2) is 27.6 Å². The van der Waals surface area contributed by atoms with Crippen LogP contribution in [0.25, 0.3) is 0 Å². The molecule has 2 rings (SSSR count). The Labute approximate surface area is 115 Å². The van der Waals surface area contributed by atoms with Gasteiger partial charge in [-0.2, -0.15) is 0 Å². The number of aryl methyl sites for hydroxylation is 1. The maximum Gasteiger partial charge on any atom is 0.360 e. The summed E-state index contributed by atoms with van der Waals surface area (Å²) in [6, 6.07) is 0. The number of ether oxygens (including phenoxy) is 1. The number of nitrogens with zero attached hydrogens (tertiary/aromatic N) is 3. The van der Waals surface area contributed by atoms with Crippen molar-refractivity contribution in [2.75, 3.05) is 12.8 Å². The second kappa shape index (κ2) is 5.40. The lowest BCUT2D eigenvalue weighted by Gasteiger charge is -2.12. The van der Waals surface area contributed by atoms with Crippen molar-refractivity contribution in [3.05, 3.63) is 28.1 Å². The number of carbonyl (C=O) groups excluding carboxylic acids is 1. The molecule has 19 heavy (non-hydrogen) atoms. The quantitative estimate of drug-likeness (QED) is 0.864. The monoisotopic (exact) mass is 280 g/mol. The molecule has 0 fully saturated rings. The third-order valence-corrected chi connectivity index (χ3v) is 3.91. The molecule has 0 bridgehead atoms. The standard InChI is InChI=1S/C12H16N4O2S/c1-7(11-14-4-5-19-11)6-16-8(2)15-9(10(16)13)12(17)18-3/h4-5,7H,6,13H2,1-3H3. The molecule has 0 aliphatic rings. The van der Waals surface area contributed by atoms with Gasteiger partial charge in [0.05, 0.1) is 12.1 Å². The number of thiazole rings is 1. The molecular formula is C12H16N4O2S. The van der Waals surface area contributed by atoms with E-state index in [4.69, 9.17) is 5.73 Å². The third-order valence-electron chi connectivity index (χ3n) is 2.91. The summed E-state index contributed by atoms with van der Waals surface area (Å²) >= 11 is 1.60. The Morgan fingerprint density at radius 1 is 1.63 bits per heavy atom. The van der Waals surface area contributed by atoms with E-state index < -0.39 is 5.97 Å². The Kier molecular flexibility index (Phi) is 3.84. The number of rotatable bonds is 4. The molecule has 0 aliphatic heterocycles. The van der Waals surface area contributed by atoms with E-state index in [0.29, 0.717) is 18.2 Å². The number of imidazole rings is 1. The molecule has 102 valence electrons. The number of aromatic nitrogens is 3. The van der Waals surface area contributed by atoms with Crippen molar-refractivity contribution < 1.29 is 9.53 Å². The van der Waals surface area contributed by atoms with Crippen LogP contribution in [0, 0.1) is 6.92 Å². The largest absolute Gasteiger partial charge is 0.464 e. The number of esters is 1. The van der Waals surface area contributed by atoms with E-state index in [2.05, 4.69) is 21.6 Å². The first kappa shape index (κ1) is 13.5. The second-order valence-corrected chi connectivity index (χ2v) is 5.19. The fourth-order valence-electron chi connectivity index (χ4n) is 1.89. The SMILES string of the molecule is COC(=O)c1nc(C)n(CC(C)c2nccs2)c1N. The lowest BCUT2D eigenvalue weighted by atomic mass is 10.2. The Morgan fingerprint density at radius 2 is 2.37 bits per heavy atom. The zero-order valence-electron chi connectivity index (χ0n) is 11.1. The van der Waals surface area contributed by atoms with Gasteiger partial charge in [-0.15, -0.1) is 11.3 Å². The molecule has 0 saturated heterocycles. The van der Waals surface area contributed by atoms with Crippen molar-refractivity contribution >= 4 is 23.1 Å². The molecule has 1 atom stereocenters. The van der Waals surface area contributed by atoms with E-state index in [1.54, 1.807) is 17.5 Å². The van der Waals surface area contributed by atoms with Gasteiger partial charge in [-0.1, -0.05) is 6.92 Å². The molecule has 2 heterocycles. The minimum absolute atomic E-state index is 0.173. The molecule has 0 amide bonds. The van der Waals surface area contributed by atoms with Crippen LogP contribution in [0.1, 0.15) is 34.2 Å². The lowest BCUT2D eigenvalue weighted by molar-refractivity contribution is 0.0595. The molecule has 0 saturated carbocycles. The lowest BCUT2D eigenvalue weighted by Crippen LogP contribution is -2.12. The van der Waals surface area contributed by atoms with Crippen LogP contribution < -0.4 is 5.73 Å². The fraction of sp³-hybridized carbons (Fsp3) is 0.417. The molecule has 0 radical (unpaired) electrons. The Morgan fingerprint density at radius 3 is 2.95 bits per heavy atom. The molecule has 0 aliphatic carbocycles. The highest BCUT2D eigenvalue weighted by molar-refractivity contribution is 7.09. The molecule has 1 unspecified atom stereocenters. The highest BCUT2D eigenvalue weighted by Crippen LogP contribution is 2.23. The first-order valence-electron chi connectivity index (χ1n) is 5.85. The van der Waals surface area contributed by atoms with Gasteiger partial charge in [-0.3, -0.25) is 0 Å². The van der Waals surface area contributed by atoms with Crippen LogP contribution in [0.4, 0.5) is 5.82 Å². The Bertz CT molecular complexity index is 577. The van der Waals surface area contributed by atoms with Gasteiger partial charge in [-0.05, 0) is 6.92 Å². The second-order valence-electron chi connectivity index (χ2n) is 4.27. The van der Waals surface area contributed by atoms with Gasteiger partial charge in [0.2, 0.25) is 0 Å². The summed E-state index contributed by atoms with van der Waals surface area (Å²) in [6.45, 7) is 4.52. The molecule has 0 aromatic carbocycles. The van der Waals surface area contributed by atoms with Crippen molar-refractivity contribution in [2.45, 2.75) is 26.3 Å². The maximum atomic E-state index is 11.5. The Hall–Kier alpha value is -1.89. The van der Waals surface area contributed by atoms with Gasteiger partial charge in [0.25, 0.3) is 0 Å². The summed E-state index contributed by atoms with van der Waals surface area (Å²) in [4.78, 5) is 20.0. The molecule has 2 aromatic rings. The van der Waals surface area contributed by atoms with Gasteiger partial charge in [0.15, 0.2) is 5.69 Å². The number of anilines is 1. The average Bonchev–Trinajstić information content (AvgIpc) is 3.01. The van der Waals surface area contributed by atoms with Crippen molar-refractivity contribution in [3.63, 3.8) is 0 Å². The minimum Gasteiger partial charge on any atom is -0.464 e. The first-order chi connectivity index (χ1) is 9.04. The predicted molar refractivity (Wildman–Crippen MR) is 73.2 cm³/mol. The van der Waals surface area contributed by atoms with Gasteiger partial charge in [-0.25, -0.2) is 14.8 Å². The molecule has 0 spiro atoms. The van der Waals surface area contributed by atoms with Crippen LogP contribution in [0.5, 0.6) is 0 Å². The maximum absolute atomic E-state index is 11.5. The van der Waals surface area contributed by atoms with Gasteiger partial charge in [0, 0.05) is 24.0 Å². The van der Waals surface area contributed by atoms with Crippen molar-refractivity contribution in [3.8, 4) is 0 Å². The average molecular weight is 280 g/mol. The summed E-state index contributed by atoms with van der Waals surface area (Å²) < 4.78 is 6.48. The van der Waals surface area contributed by atoms with Crippen LogP contribution >= 0.6 is 11.3 Å². The van der Waals surface area contributed by atoms with Crippen molar-refractivity contribution in [1.29, 1.82) is 0 Å². The highest BCUT2D eigenvalue weighted by Gasteiger charge is 2.21. The molecular weight excluding hydrogens is 264 g/mol. The first-order valence-corrected chi connectivity index (χ1v) is 6.72. The normalized spacial score (nSPS) is 12.4. The van der Waals surface area contributed by atoms with E-state index in [9.17, 15) is 4.79 Å². The van der Waals surface area contributed by atoms with Crippen LogP contribution in [0.15, 0.2) is 11.6 Å². The van der Waals surface area contributed by atoms with Crippen LogP contribution in [0.2, 0.25) is 0 Å². The highest BCUT2D eigenvalue weighted by atomic mass is 32.1. The summed E-state index contributed by atoms with van der Waals surface area (Å²) in [5, 5.41) is 2.97. The van der Waals surface area contributed by atoms with E-state index >= 15 is 0 Å². The summed E-state index contributed by atoms with van der Waals surface area (Å²) in [7, 11) is 1.31. The minimum atomic E-state index is -0.513. The Balaban J connectivity index is 2.26. The van der Waals surface area contributed by atoms with Gasteiger partial charge < -0.3 is 15.0 Å². The summed E-state index contributed by atoms with van der Waals surface area (Å²) in [5.41, 5.74) is 6.14. The topological polar surface area (TPSA) is 83.0 Å².